The van der Waals surface area contributed by atoms with Crippen molar-refractivity contribution in [3.05, 3.63) is 29.8 Å². The molecule has 2 fully saturated rings. The highest BCUT2D eigenvalue weighted by molar-refractivity contribution is 5.49. The smallest absolute Gasteiger partial charge is 0.0594 e. The van der Waals surface area contributed by atoms with Gasteiger partial charge in [-0.1, -0.05) is 32.9 Å². The molecule has 0 spiro atoms. The molecule has 122 valence electrons. The van der Waals surface area contributed by atoms with Gasteiger partial charge in [0.15, 0.2) is 0 Å². The molecule has 3 heteroatoms. The van der Waals surface area contributed by atoms with E-state index in [1.165, 1.54) is 37.2 Å². The van der Waals surface area contributed by atoms with Gasteiger partial charge in [-0.05, 0) is 36.0 Å². The lowest BCUT2D eigenvalue weighted by atomic mass is 9.87. The average Bonchev–Trinajstić information content (AvgIpc) is 2.55. The molecule has 2 aliphatic rings. The summed E-state index contributed by atoms with van der Waals surface area (Å²) in [7, 11) is 0. The Morgan fingerprint density at radius 1 is 0.909 bits per heavy atom. The number of benzene rings is 1. The van der Waals surface area contributed by atoms with Gasteiger partial charge in [0, 0.05) is 37.9 Å². The summed E-state index contributed by atoms with van der Waals surface area (Å²) in [5, 5.41) is 0. The molecule has 1 aromatic carbocycles. The predicted molar refractivity (Wildman–Crippen MR) is 92.8 cm³/mol. The van der Waals surface area contributed by atoms with Gasteiger partial charge >= 0.3 is 0 Å². The lowest BCUT2D eigenvalue weighted by Crippen LogP contribution is -2.49. The summed E-state index contributed by atoms with van der Waals surface area (Å²) in [5.74, 6) is 0. The van der Waals surface area contributed by atoms with Crippen molar-refractivity contribution in [2.24, 2.45) is 0 Å². The third-order valence-corrected chi connectivity index (χ3v) is 5.13. The average molecular weight is 302 g/mol. The van der Waals surface area contributed by atoms with Crippen LogP contribution >= 0.6 is 0 Å². The zero-order valence-electron chi connectivity index (χ0n) is 14.3. The van der Waals surface area contributed by atoms with Crippen molar-refractivity contribution in [3.8, 4) is 0 Å². The van der Waals surface area contributed by atoms with Gasteiger partial charge in [0.2, 0.25) is 0 Å². The fourth-order valence-electron chi connectivity index (χ4n) is 3.60. The van der Waals surface area contributed by atoms with Crippen LogP contribution in [0.4, 0.5) is 5.69 Å². The van der Waals surface area contributed by atoms with Gasteiger partial charge in [-0.15, -0.1) is 0 Å². The second kappa shape index (κ2) is 6.59. The van der Waals surface area contributed by atoms with Crippen LogP contribution < -0.4 is 4.90 Å². The summed E-state index contributed by atoms with van der Waals surface area (Å²) in [6, 6.07) is 9.95. The zero-order valence-corrected chi connectivity index (χ0v) is 14.3. The van der Waals surface area contributed by atoms with Gasteiger partial charge in [0.1, 0.15) is 0 Å². The number of morpholine rings is 1. The standard InChI is InChI=1S/C19H30N2O/c1-19(2,3)16-4-6-17(7-5-16)20-10-8-18(9-11-20)21-12-14-22-15-13-21/h4-7,18H,8-15H2,1-3H3. The van der Waals surface area contributed by atoms with Crippen molar-refractivity contribution in [1.29, 1.82) is 0 Å². The van der Waals surface area contributed by atoms with E-state index in [1.54, 1.807) is 0 Å². The maximum Gasteiger partial charge on any atom is 0.0594 e. The van der Waals surface area contributed by atoms with Crippen LogP contribution in [0.5, 0.6) is 0 Å². The van der Waals surface area contributed by atoms with E-state index in [9.17, 15) is 0 Å². The molecule has 3 rings (SSSR count). The summed E-state index contributed by atoms with van der Waals surface area (Å²) in [6.07, 6.45) is 2.56. The summed E-state index contributed by atoms with van der Waals surface area (Å²) in [6.45, 7) is 13.2. The van der Waals surface area contributed by atoms with E-state index >= 15 is 0 Å². The van der Waals surface area contributed by atoms with Crippen LogP contribution in [0.2, 0.25) is 0 Å². The zero-order chi connectivity index (χ0) is 15.6. The molecule has 0 aliphatic carbocycles. The van der Waals surface area contributed by atoms with E-state index in [2.05, 4.69) is 54.8 Å². The molecule has 0 amide bonds. The Balaban J connectivity index is 1.57. The third-order valence-electron chi connectivity index (χ3n) is 5.13. The number of piperidine rings is 1. The van der Waals surface area contributed by atoms with Crippen molar-refractivity contribution >= 4 is 5.69 Å². The molecular weight excluding hydrogens is 272 g/mol. The number of anilines is 1. The van der Waals surface area contributed by atoms with E-state index in [0.29, 0.717) is 0 Å². The number of rotatable bonds is 2. The maximum atomic E-state index is 5.47. The highest BCUT2D eigenvalue weighted by atomic mass is 16.5. The molecule has 0 atom stereocenters. The third kappa shape index (κ3) is 3.64. The van der Waals surface area contributed by atoms with Crippen LogP contribution in [0.1, 0.15) is 39.2 Å². The second-order valence-electron chi connectivity index (χ2n) is 7.66. The highest BCUT2D eigenvalue weighted by Crippen LogP contribution is 2.27. The second-order valence-corrected chi connectivity index (χ2v) is 7.66. The molecule has 0 N–H and O–H groups in total. The Morgan fingerprint density at radius 3 is 2.05 bits per heavy atom. The molecule has 2 saturated heterocycles. The number of nitrogens with zero attached hydrogens (tertiary/aromatic N) is 2. The SMILES string of the molecule is CC(C)(C)c1ccc(N2CCC(N3CCOCC3)CC2)cc1. The lowest BCUT2D eigenvalue weighted by Gasteiger charge is -2.41. The van der Waals surface area contributed by atoms with Crippen molar-refractivity contribution in [3.63, 3.8) is 0 Å². The molecule has 0 radical (unpaired) electrons. The van der Waals surface area contributed by atoms with E-state index in [0.717, 1.165) is 32.3 Å². The fraction of sp³-hybridized carbons (Fsp3) is 0.684. The first kappa shape index (κ1) is 15.8. The first-order valence-electron chi connectivity index (χ1n) is 8.71. The van der Waals surface area contributed by atoms with E-state index in [4.69, 9.17) is 4.74 Å². The molecular formula is C19H30N2O. The predicted octanol–water partition coefficient (Wildman–Crippen LogP) is 3.29. The monoisotopic (exact) mass is 302 g/mol. The van der Waals surface area contributed by atoms with Gasteiger partial charge in [0.25, 0.3) is 0 Å². The van der Waals surface area contributed by atoms with Gasteiger partial charge < -0.3 is 9.64 Å². The number of ether oxygens (including phenoxy) is 1. The molecule has 0 saturated carbocycles. The van der Waals surface area contributed by atoms with Crippen LogP contribution in [0.15, 0.2) is 24.3 Å². The summed E-state index contributed by atoms with van der Waals surface area (Å²) in [5.41, 5.74) is 3.04. The van der Waals surface area contributed by atoms with Crippen molar-refractivity contribution in [2.75, 3.05) is 44.3 Å². The molecule has 0 bridgehead atoms. The van der Waals surface area contributed by atoms with Gasteiger partial charge in [-0.2, -0.15) is 0 Å². The summed E-state index contributed by atoms with van der Waals surface area (Å²) >= 11 is 0. The topological polar surface area (TPSA) is 15.7 Å². The van der Waals surface area contributed by atoms with Crippen LogP contribution in [-0.4, -0.2) is 50.3 Å². The Kier molecular flexibility index (Phi) is 4.74. The number of hydrogen-bond acceptors (Lipinski definition) is 3. The van der Waals surface area contributed by atoms with Gasteiger partial charge in [0.05, 0.1) is 13.2 Å². The highest BCUT2D eigenvalue weighted by Gasteiger charge is 2.26. The molecule has 0 aromatic heterocycles. The Hall–Kier alpha value is -1.06. The van der Waals surface area contributed by atoms with Crippen molar-refractivity contribution in [1.82, 2.24) is 4.90 Å². The van der Waals surface area contributed by atoms with E-state index in [1.807, 2.05) is 0 Å². The molecule has 2 aliphatic heterocycles. The summed E-state index contributed by atoms with van der Waals surface area (Å²) in [4.78, 5) is 5.17. The fourth-order valence-corrected chi connectivity index (χ4v) is 3.60. The van der Waals surface area contributed by atoms with Crippen LogP contribution in [-0.2, 0) is 10.2 Å². The lowest BCUT2D eigenvalue weighted by molar-refractivity contribution is 0.0115. The quantitative estimate of drug-likeness (QED) is 0.834. The normalized spacial score (nSPS) is 22.0. The minimum atomic E-state index is 0.238. The summed E-state index contributed by atoms with van der Waals surface area (Å²) < 4.78 is 5.47. The maximum absolute atomic E-state index is 5.47. The molecule has 2 heterocycles. The van der Waals surface area contributed by atoms with Gasteiger partial charge in [-0.25, -0.2) is 0 Å². The van der Waals surface area contributed by atoms with Crippen LogP contribution in [0, 0.1) is 0 Å². The minimum absolute atomic E-state index is 0.238. The first-order valence-corrected chi connectivity index (χ1v) is 8.71. The molecule has 1 aromatic rings. The number of hydrogen-bond donors (Lipinski definition) is 0. The van der Waals surface area contributed by atoms with E-state index < -0.39 is 0 Å². The first-order chi connectivity index (χ1) is 10.5. The van der Waals surface area contributed by atoms with Crippen molar-refractivity contribution < 1.29 is 4.74 Å². The van der Waals surface area contributed by atoms with Gasteiger partial charge in [-0.3, -0.25) is 4.90 Å². The van der Waals surface area contributed by atoms with Crippen LogP contribution in [0.25, 0.3) is 0 Å². The molecule has 3 nitrogen and oxygen atoms in total. The largest absolute Gasteiger partial charge is 0.379 e. The molecule has 0 unspecified atom stereocenters. The Bertz CT molecular complexity index is 463. The minimum Gasteiger partial charge on any atom is -0.379 e. The van der Waals surface area contributed by atoms with Crippen molar-refractivity contribution in [2.45, 2.75) is 45.1 Å². The molecule has 22 heavy (non-hydrogen) atoms. The van der Waals surface area contributed by atoms with Crippen LogP contribution in [0.3, 0.4) is 0 Å². The Morgan fingerprint density at radius 2 is 1.50 bits per heavy atom. The Labute approximate surface area is 135 Å². The van der Waals surface area contributed by atoms with E-state index in [-0.39, 0.29) is 5.41 Å².